The monoisotopic (exact) mass is 193 g/mol. The van der Waals surface area contributed by atoms with Gasteiger partial charge < -0.3 is 10.1 Å². The molecule has 0 radical (unpaired) electrons. The second kappa shape index (κ2) is 8.45. The van der Waals surface area contributed by atoms with Crippen LogP contribution >= 0.6 is 0 Å². The number of hydrogen-bond donors (Lipinski definition) is 1. The van der Waals surface area contributed by atoms with Crippen LogP contribution in [0.15, 0.2) is 36.5 Å². The van der Waals surface area contributed by atoms with E-state index in [1.807, 2.05) is 19.1 Å². The lowest BCUT2D eigenvalue weighted by Gasteiger charge is -2.08. The van der Waals surface area contributed by atoms with Crippen molar-refractivity contribution in [1.29, 1.82) is 0 Å². The van der Waals surface area contributed by atoms with E-state index in [2.05, 4.69) is 18.0 Å². The molecule has 0 heterocycles. The second-order valence-electron chi connectivity index (χ2n) is 3.03. The van der Waals surface area contributed by atoms with Crippen molar-refractivity contribution in [3.05, 3.63) is 36.5 Å². The molecule has 0 amide bonds. The zero-order chi connectivity index (χ0) is 10.8. The molecule has 1 N–H and O–H groups in total. The van der Waals surface area contributed by atoms with Crippen molar-refractivity contribution >= 4 is 6.29 Å². The van der Waals surface area contributed by atoms with Crippen LogP contribution in [0.3, 0.4) is 0 Å². The van der Waals surface area contributed by atoms with Crippen molar-refractivity contribution in [3.63, 3.8) is 0 Å². The summed E-state index contributed by atoms with van der Waals surface area (Å²) in [7, 11) is 1.80. The molecule has 0 aromatic rings. The highest BCUT2D eigenvalue weighted by Crippen LogP contribution is 2.08. The molecule has 0 aliphatic rings. The molecule has 78 valence electrons. The minimum atomic E-state index is -0.0397. The first kappa shape index (κ1) is 12.8. The lowest BCUT2D eigenvalue weighted by atomic mass is 10.1. The van der Waals surface area contributed by atoms with E-state index in [9.17, 15) is 4.79 Å². The summed E-state index contributed by atoms with van der Waals surface area (Å²) in [5.74, 6) is 0. The molecular weight excluding hydrogens is 174 g/mol. The number of allylic oxidation sites excluding steroid dienone is 5. The van der Waals surface area contributed by atoms with E-state index in [-0.39, 0.29) is 6.04 Å². The maximum Gasteiger partial charge on any atom is 0.136 e. The van der Waals surface area contributed by atoms with E-state index in [4.69, 9.17) is 0 Å². The van der Waals surface area contributed by atoms with E-state index in [1.54, 1.807) is 13.1 Å². The molecule has 0 saturated carbocycles. The topological polar surface area (TPSA) is 29.1 Å². The standard InChI is InChI=1S/C12H19NO/c1-4-6-7-11(5-2)8-9-12(10-14)13-3/h4-7,10,12-13H,1,8-9H2,2-3H3/b7-6-,11-5+/t12-/m0/s1. The number of hydrogen-bond acceptors (Lipinski definition) is 2. The Morgan fingerprint density at radius 1 is 1.57 bits per heavy atom. The van der Waals surface area contributed by atoms with Gasteiger partial charge in [0.25, 0.3) is 0 Å². The molecule has 2 nitrogen and oxygen atoms in total. The number of likely N-dealkylation sites (N-methyl/N-ethyl adjacent to an activating group) is 1. The summed E-state index contributed by atoms with van der Waals surface area (Å²) in [5.41, 5.74) is 1.23. The molecular formula is C12H19NO. The molecule has 0 aliphatic carbocycles. The van der Waals surface area contributed by atoms with E-state index < -0.39 is 0 Å². The van der Waals surface area contributed by atoms with Crippen molar-refractivity contribution in [2.45, 2.75) is 25.8 Å². The Hall–Kier alpha value is -1.15. The minimum Gasteiger partial charge on any atom is -0.311 e. The number of rotatable bonds is 7. The Kier molecular flexibility index (Phi) is 7.75. The number of nitrogens with one attached hydrogen (secondary N) is 1. The van der Waals surface area contributed by atoms with Crippen molar-refractivity contribution in [3.8, 4) is 0 Å². The second-order valence-corrected chi connectivity index (χ2v) is 3.03. The SMILES string of the molecule is C=C/C=C\C(=C/C)CC[C@@H](C=O)NC. The predicted octanol–water partition coefficient (Wildman–Crippen LogP) is 2.24. The third-order valence-electron chi connectivity index (χ3n) is 2.10. The van der Waals surface area contributed by atoms with Crippen LogP contribution in [0.1, 0.15) is 19.8 Å². The van der Waals surface area contributed by atoms with Crippen LogP contribution in [-0.2, 0) is 4.79 Å². The molecule has 0 spiro atoms. The zero-order valence-electron chi connectivity index (χ0n) is 8.99. The quantitative estimate of drug-likeness (QED) is 0.496. The Bertz CT molecular complexity index is 228. The largest absolute Gasteiger partial charge is 0.311 e. The number of carbonyl (C=O) groups is 1. The highest BCUT2D eigenvalue weighted by atomic mass is 16.1. The summed E-state index contributed by atoms with van der Waals surface area (Å²) in [6.07, 6.45) is 10.4. The first-order chi connectivity index (χ1) is 6.78. The summed E-state index contributed by atoms with van der Waals surface area (Å²) < 4.78 is 0. The summed E-state index contributed by atoms with van der Waals surface area (Å²) in [5, 5.41) is 2.95. The number of carbonyl (C=O) groups excluding carboxylic acids is 1. The van der Waals surface area contributed by atoms with Gasteiger partial charge in [-0.1, -0.05) is 36.5 Å². The maximum atomic E-state index is 10.5. The summed E-state index contributed by atoms with van der Waals surface area (Å²) in [4.78, 5) is 10.5. The van der Waals surface area contributed by atoms with Gasteiger partial charge >= 0.3 is 0 Å². The summed E-state index contributed by atoms with van der Waals surface area (Å²) in [6, 6.07) is -0.0397. The maximum absolute atomic E-state index is 10.5. The normalized spacial score (nSPS) is 14.3. The smallest absolute Gasteiger partial charge is 0.136 e. The van der Waals surface area contributed by atoms with Crippen molar-refractivity contribution in [1.82, 2.24) is 5.32 Å². The molecule has 14 heavy (non-hydrogen) atoms. The van der Waals surface area contributed by atoms with Gasteiger partial charge in [0.05, 0.1) is 6.04 Å². The van der Waals surface area contributed by atoms with Gasteiger partial charge in [0, 0.05) is 0 Å². The highest BCUT2D eigenvalue weighted by Gasteiger charge is 2.03. The van der Waals surface area contributed by atoms with Crippen LogP contribution in [0.25, 0.3) is 0 Å². The van der Waals surface area contributed by atoms with Crippen LogP contribution in [0.2, 0.25) is 0 Å². The van der Waals surface area contributed by atoms with Gasteiger partial charge in [-0.25, -0.2) is 0 Å². The first-order valence-corrected chi connectivity index (χ1v) is 4.85. The van der Waals surface area contributed by atoms with E-state index in [0.717, 1.165) is 19.1 Å². The van der Waals surface area contributed by atoms with Crippen molar-refractivity contribution in [2.75, 3.05) is 7.05 Å². The molecule has 0 unspecified atom stereocenters. The Morgan fingerprint density at radius 3 is 2.71 bits per heavy atom. The van der Waals surface area contributed by atoms with Gasteiger partial charge in [-0.3, -0.25) is 0 Å². The molecule has 0 aromatic carbocycles. The fraction of sp³-hybridized carbons (Fsp3) is 0.417. The van der Waals surface area contributed by atoms with Gasteiger partial charge in [0.2, 0.25) is 0 Å². The van der Waals surface area contributed by atoms with Gasteiger partial charge in [-0.05, 0) is 26.8 Å². The molecule has 0 rings (SSSR count). The lowest BCUT2D eigenvalue weighted by Crippen LogP contribution is -2.26. The Morgan fingerprint density at radius 2 is 2.29 bits per heavy atom. The van der Waals surface area contributed by atoms with E-state index in [1.165, 1.54) is 5.57 Å². The zero-order valence-corrected chi connectivity index (χ0v) is 8.99. The fourth-order valence-corrected chi connectivity index (χ4v) is 1.12. The van der Waals surface area contributed by atoms with Gasteiger partial charge in [-0.15, -0.1) is 0 Å². The molecule has 0 bridgehead atoms. The van der Waals surface area contributed by atoms with Crippen LogP contribution in [0.5, 0.6) is 0 Å². The summed E-state index contributed by atoms with van der Waals surface area (Å²) in [6.45, 7) is 5.61. The highest BCUT2D eigenvalue weighted by molar-refractivity contribution is 5.57. The van der Waals surface area contributed by atoms with Crippen LogP contribution in [0.4, 0.5) is 0 Å². The minimum absolute atomic E-state index is 0.0397. The molecule has 0 aliphatic heterocycles. The molecule has 1 atom stereocenters. The van der Waals surface area contributed by atoms with E-state index in [0.29, 0.717) is 0 Å². The van der Waals surface area contributed by atoms with Gasteiger partial charge in [0.1, 0.15) is 6.29 Å². The Balaban J connectivity index is 4.01. The predicted molar refractivity (Wildman–Crippen MR) is 61.2 cm³/mol. The average Bonchev–Trinajstić information content (AvgIpc) is 2.23. The molecule has 0 saturated heterocycles. The average molecular weight is 193 g/mol. The summed E-state index contributed by atoms with van der Waals surface area (Å²) >= 11 is 0. The van der Waals surface area contributed by atoms with Crippen molar-refractivity contribution in [2.24, 2.45) is 0 Å². The third-order valence-corrected chi connectivity index (χ3v) is 2.10. The van der Waals surface area contributed by atoms with Crippen molar-refractivity contribution < 1.29 is 4.79 Å². The van der Waals surface area contributed by atoms with Gasteiger partial charge in [-0.2, -0.15) is 0 Å². The van der Waals surface area contributed by atoms with Gasteiger partial charge in [0.15, 0.2) is 0 Å². The first-order valence-electron chi connectivity index (χ1n) is 4.85. The molecule has 0 aromatic heterocycles. The lowest BCUT2D eigenvalue weighted by molar-refractivity contribution is -0.109. The van der Waals surface area contributed by atoms with E-state index >= 15 is 0 Å². The van der Waals surface area contributed by atoms with Crippen LogP contribution in [0, 0.1) is 0 Å². The number of aldehydes is 1. The van der Waals surface area contributed by atoms with Crippen LogP contribution < -0.4 is 5.32 Å². The fourth-order valence-electron chi connectivity index (χ4n) is 1.12. The van der Waals surface area contributed by atoms with Crippen LogP contribution in [-0.4, -0.2) is 19.4 Å². The molecule has 2 heteroatoms. The Labute approximate surface area is 86.4 Å². The molecule has 0 fully saturated rings. The third kappa shape index (κ3) is 5.49.